The second-order valence-corrected chi connectivity index (χ2v) is 3.45. The van der Waals surface area contributed by atoms with Gasteiger partial charge in [0, 0.05) is 11.6 Å². The molecule has 0 aliphatic heterocycles. The molecule has 0 aromatic heterocycles. The molecule has 0 spiro atoms. The van der Waals surface area contributed by atoms with Crippen LogP contribution in [0.4, 0.5) is 13.2 Å². The maximum absolute atomic E-state index is 12.2. The molecule has 0 N–H and O–H groups in total. The van der Waals surface area contributed by atoms with Gasteiger partial charge in [-0.05, 0) is 6.92 Å². The van der Waals surface area contributed by atoms with E-state index in [0.717, 1.165) is 0 Å². The third kappa shape index (κ3) is 5.28. The Bertz CT molecular complexity index is 185. The first-order valence-electron chi connectivity index (χ1n) is 3.38. The zero-order chi connectivity index (χ0) is 10.5. The largest absolute Gasteiger partial charge is 0.415 e. The number of ether oxygens (including phenoxy) is 2. The zero-order valence-corrected chi connectivity index (χ0v) is 8.83. The summed E-state index contributed by atoms with van der Waals surface area (Å²) in [7, 11) is 1.35. The highest BCUT2D eigenvalue weighted by atomic mass is 79.9. The number of methoxy groups -OCH3 is 1. The van der Waals surface area contributed by atoms with Crippen LogP contribution in [0.15, 0.2) is 10.1 Å². The lowest BCUT2D eigenvalue weighted by Crippen LogP contribution is -2.18. The van der Waals surface area contributed by atoms with Gasteiger partial charge >= 0.3 is 6.18 Å². The van der Waals surface area contributed by atoms with Crippen LogP contribution in [0.1, 0.15) is 6.92 Å². The molecule has 0 rings (SSSR count). The van der Waals surface area contributed by atoms with Crippen molar-refractivity contribution >= 4 is 15.9 Å². The van der Waals surface area contributed by atoms with Crippen molar-refractivity contribution in [1.82, 2.24) is 0 Å². The first-order chi connectivity index (χ1) is 5.89. The van der Waals surface area contributed by atoms with Gasteiger partial charge in [0.15, 0.2) is 0 Å². The van der Waals surface area contributed by atoms with E-state index in [1.165, 1.54) is 14.0 Å². The molecule has 0 unspecified atom stereocenters. The number of rotatable bonds is 4. The highest BCUT2D eigenvalue weighted by Gasteiger charge is 2.34. The maximum atomic E-state index is 12.2. The fraction of sp³-hybridized carbons (Fsp3) is 0.714. The second kappa shape index (κ2) is 5.62. The molecule has 0 bridgehead atoms. The van der Waals surface area contributed by atoms with Gasteiger partial charge in [0.05, 0.1) is 12.2 Å². The number of halogens is 4. The van der Waals surface area contributed by atoms with Crippen molar-refractivity contribution in [3.63, 3.8) is 0 Å². The number of allylic oxidation sites excluding steroid dienone is 1. The van der Waals surface area contributed by atoms with Crippen molar-refractivity contribution in [2.24, 2.45) is 0 Å². The van der Waals surface area contributed by atoms with Crippen molar-refractivity contribution in [3.05, 3.63) is 10.1 Å². The zero-order valence-electron chi connectivity index (χ0n) is 7.24. The van der Waals surface area contributed by atoms with E-state index < -0.39 is 18.4 Å². The van der Waals surface area contributed by atoms with Crippen molar-refractivity contribution in [2.45, 2.75) is 13.1 Å². The van der Waals surface area contributed by atoms with Crippen molar-refractivity contribution < 1.29 is 22.6 Å². The molecule has 0 aromatic carbocycles. The summed E-state index contributed by atoms with van der Waals surface area (Å²) in [5.74, 6) is 0. The Morgan fingerprint density at radius 2 is 1.92 bits per heavy atom. The Morgan fingerprint density at radius 3 is 2.23 bits per heavy atom. The summed E-state index contributed by atoms with van der Waals surface area (Å²) in [5, 5.41) is 0. The van der Waals surface area contributed by atoms with Crippen LogP contribution in [0, 0.1) is 0 Å². The smallest absolute Gasteiger partial charge is 0.359 e. The standard InChI is InChI=1S/C7H10BrF3O2/c1-5(8)6(7(9,10)11)3-13-4-12-2/h3-4H2,1-2H3/b6-5+. The molecule has 2 nitrogen and oxygen atoms in total. The Balaban J connectivity index is 4.23. The van der Waals surface area contributed by atoms with E-state index in [0.29, 0.717) is 0 Å². The molecule has 0 aromatic rings. The molecule has 0 aliphatic carbocycles. The monoisotopic (exact) mass is 262 g/mol. The van der Waals surface area contributed by atoms with E-state index in [1.807, 2.05) is 0 Å². The first-order valence-corrected chi connectivity index (χ1v) is 4.18. The molecule has 0 radical (unpaired) electrons. The first kappa shape index (κ1) is 12.9. The van der Waals surface area contributed by atoms with Crippen LogP contribution in [0.3, 0.4) is 0 Å². The summed E-state index contributed by atoms with van der Waals surface area (Å²) in [6, 6.07) is 0. The second-order valence-electron chi connectivity index (χ2n) is 2.26. The molecule has 0 saturated heterocycles. The summed E-state index contributed by atoms with van der Waals surface area (Å²) in [6.07, 6.45) is -4.36. The Morgan fingerprint density at radius 1 is 1.38 bits per heavy atom. The molecule has 0 amide bonds. The third-order valence-electron chi connectivity index (χ3n) is 1.21. The van der Waals surface area contributed by atoms with E-state index in [9.17, 15) is 13.2 Å². The lowest BCUT2D eigenvalue weighted by Gasteiger charge is -2.12. The van der Waals surface area contributed by atoms with Gasteiger partial charge in [-0.2, -0.15) is 13.2 Å². The summed E-state index contributed by atoms with van der Waals surface area (Å²) < 4.78 is 45.7. The molecule has 0 fully saturated rings. The third-order valence-corrected chi connectivity index (χ3v) is 1.68. The molecule has 0 aliphatic rings. The highest BCUT2D eigenvalue weighted by Crippen LogP contribution is 2.30. The Labute approximate surface area is 82.8 Å². The molecular weight excluding hydrogens is 253 g/mol. The average molecular weight is 263 g/mol. The van der Waals surface area contributed by atoms with Crippen LogP contribution in [0.25, 0.3) is 0 Å². The summed E-state index contributed by atoms with van der Waals surface area (Å²) in [5.41, 5.74) is -0.732. The highest BCUT2D eigenvalue weighted by molar-refractivity contribution is 9.11. The van der Waals surface area contributed by atoms with Crippen molar-refractivity contribution in [2.75, 3.05) is 20.5 Å². The fourth-order valence-corrected chi connectivity index (χ4v) is 0.943. The molecule has 0 heterocycles. The average Bonchev–Trinajstić information content (AvgIpc) is 1.94. The fourth-order valence-electron chi connectivity index (χ4n) is 0.604. The van der Waals surface area contributed by atoms with E-state index in [2.05, 4.69) is 25.4 Å². The number of hydrogen-bond acceptors (Lipinski definition) is 2. The van der Waals surface area contributed by atoms with Crippen LogP contribution in [-0.4, -0.2) is 26.7 Å². The molecule has 78 valence electrons. The lowest BCUT2D eigenvalue weighted by molar-refractivity contribution is -0.109. The molecule has 6 heteroatoms. The van der Waals surface area contributed by atoms with E-state index in [1.54, 1.807) is 0 Å². The van der Waals surface area contributed by atoms with Crippen LogP contribution in [-0.2, 0) is 9.47 Å². The predicted octanol–water partition coefficient (Wildman–Crippen LogP) is 2.84. The lowest BCUT2D eigenvalue weighted by atomic mass is 10.2. The van der Waals surface area contributed by atoms with Gasteiger partial charge in [0.1, 0.15) is 6.79 Å². The van der Waals surface area contributed by atoms with Gasteiger partial charge in [-0.15, -0.1) is 0 Å². The Kier molecular flexibility index (Phi) is 5.59. The quantitative estimate of drug-likeness (QED) is 0.573. The van der Waals surface area contributed by atoms with Gasteiger partial charge < -0.3 is 9.47 Å². The van der Waals surface area contributed by atoms with Crippen LogP contribution in [0.2, 0.25) is 0 Å². The SMILES string of the molecule is COCOC/C(=C(/C)Br)C(F)(F)F. The topological polar surface area (TPSA) is 18.5 Å². The number of alkyl halides is 3. The van der Waals surface area contributed by atoms with Gasteiger partial charge in [0.2, 0.25) is 0 Å². The van der Waals surface area contributed by atoms with Crippen molar-refractivity contribution in [3.8, 4) is 0 Å². The minimum atomic E-state index is -4.36. The number of hydrogen-bond donors (Lipinski definition) is 0. The van der Waals surface area contributed by atoms with Gasteiger partial charge in [-0.25, -0.2) is 0 Å². The minimum Gasteiger partial charge on any atom is -0.359 e. The van der Waals surface area contributed by atoms with E-state index >= 15 is 0 Å². The molecule has 0 atom stereocenters. The van der Waals surface area contributed by atoms with E-state index in [4.69, 9.17) is 0 Å². The molecular formula is C7H10BrF3O2. The summed E-state index contributed by atoms with van der Waals surface area (Å²) in [6.45, 7) is 0.660. The van der Waals surface area contributed by atoms with Crippen molar-refractivity contribution in [1.29, 1.82) is 0 Å². The minimum absolute atomic E-state index is 0.0242. The predicted molar refractivity (Wildman–Crippen MR) is 45.5 cm³/mol. The van der Waals surface area contributed by atoms with Crippen LogP contribution < -0.4 is 0 Å². The van der Waals surface area contributed by atoms with E-state index in [-0.39, 0.29) is 11.3 Å². The molecule has 13 heavy (non-hydrogen) atoms. The van der Waals surface area contributed by atoms with Crippen LogP contribution >= 0.6 is 15.9 Å². The van der Waals surface area contributed by atoms with Gasteiger partial charge in [-0.1, -0.05) is 15.9 Å². The maximum Gasteiger partial charge on any atom is 0.415 e. The van der Waals surface area contributed by atoms with Gasteiger partial charge in [0.25, 0.3) is 0 Å². The van der Waals surface area contributed by atoms with Crippen LogP contribution in [0.5, 0.6) is 0 Å². The normalized spacial score (nSPS) is 14.3. The summed E-state index contributed by atoms with van der Waals surface area (Å²) >= 11 is 2.77. The Hall–Kier alpha value is -0.0700. The summed E-state index contributed by atoms with van der Waals surface area (Å²) in [4.78, 5) is 0. The van der Waals surface area contributed by atoms with Gasteiger partial charge in [-0.3, -0.25) is 0 Å². The molecule has 0 saturated carbocycles.